The second-order valence-electron chi connectivity index (χ2n) is 4.14. The Hall–Kier alpha value is 0.400. The molecule has 1 aromatic carbocycles. The minimum absolute atomic E-state index is 0.364. The van der Waals surface area contributed by atoms with E-state index in [-0.39, 0.29) is 0 Å². The summed E-state index contributed by atoms with van der Waals surface area (Å²) in [4.78, 5) is 0. The van der Waals surface area contributed by atoms with Gasteiger partial charge in [-0.1, -0.05) is 69.6 Å². The van der Waals surface area contributed by atoms with Crippen molar-refractivity contribution in [3.63, 3.8) is 0 Å². The quantitative estimate of drug-likeness (QED) is 0.329. The van der Waals surface area contributed by atoms with Crippen LogP contribution >= 0.6 is 69.6 Å². The lowest BCUT2D eigenvalue weighted by Crippen LogP contribution is -2.14. The fourth-order valence-corrected chi connectivity index (χ4v) is 3.49. The highest BCUT2D eigenvalue weighted by Gasteiger charge is 2.62. The summed E-state index contributed by atoms with van der Waals surface area (Å²) < 4.78 is 5.43. The Kier molecular flexibility index (Phi) is 3.55. The van der Waals surface area contributed by atoms with Gasteiger partial charge in [0.05, 0.1) is 20.1 Å². The van der Waals surface area contributed by atoms with Crippen molar-refractivity contribution in [1.29, 1.82) is 0 Å². The Morgan fingerprint density at radius 2 is 1.58 bits per heavy atom. The van der Waals surface area contributed by atoms with Gasteiger partial charge >= 0.3 is 0 Å². The number of alkyl halides is 1. The van der Waals surface area contributed by atoms with E-state index in [9.17, 15) is 0 Å². The molecule has 0 aromatic heterocycles. The summed E-state index contributed by atoms with van der Waals surface area (Å²) in [6.45, 7) is 0. The number of allylic oxidation sites excluding steroid dienone is 2. The Morgan fingerprint density at radius 3 is 2.26 bits per heavy atom. The predicted molar refractivity (Wildman–Crippen MR) is 81.6 cm³/mol. The summed E-state index contributed by atoms with van der Waals surface area (Å²) in [5.41, 5.74) is 1.24. The van der Waals surface area contributed by atoms with Crippen LogP contribution in [0.2, 0.25) is 15.1 Å². The van der Waals surface area contributed by atoms with Gasteiger partial charge in [0.25, 0.3) is 0 Å². The molecule has 0 spiro atoms. The summed E-state index contributed by atoms with van der Waals surface area (Å²) in [6, 6.07) is 3.18. The van der Waals surface area contributed by atoms with Crippen molar-refractivity contribution in [2.24, 2.45) is 0 Å². The van der Waals surface area contributed by atoms with Crippen molar-refractivity contribution < 1.29 is 4.74 Å². The van der Waals surface area contributed by atoms with E-state index in [2.05, 4.69) is 0 Å². The first-order valence-corrected chi connectivity index (χ1v) is 7.40. The normalized spacial score (nSPS) is 29.2. The van der Waals surface area contributed by atoms with Crippen LogP contribution in [0.5, 0.6) is 0 Å². The molecule has 1 fully saturated rings. The van der Waals surface area contributed by atoms with Gasteiger partial charge in [-0.15, -0.1) is 0 Å². The standard InChI is InChI=1S/C12H4Cl6O/c13-6-3-8(15)7(14)1-4(6)5-2-9(16)10(17)11-12(5,18)19-11/h1-3,11H. The summed E-state index contributed by atoms with van der Waals surface area (Å²) >= 11 is 36.5. The fraction of sp³-hybridized carbons (Fsp3) is 0.167. The molecule has 2 unspecified atom stereocenters. The average Bonchev–Trinajstić information content (AvgIpc) is 3.03. The highest BCUT2D eigenvalue weighted by Crippen LogP contribution is 2.59. The molecule has 7 heteroatoms. The van der Waals surface area contributed by atoms with Gasteiger partial charge < -0.3 is 4.74 Å². The van der Waals surface area contributed by atoms with Gasteiger partial charge in [0.1, 0.15) is 6.10 Å². The van der Waals surface area contributed by atoms with E-state index < -0.39 is 11.2 Å². The number of rotatable bonds is 1. The van der Waals surface area contributed by atoms with Crippen LogP contribution < -0.4 is 0 Å². The SMILES string of the molecule is ClC1=C(Cl)C2OC2(Cl)C(c2cc(Cl)c(Cl)cc2Cl)=C1. The Balaban J connectivity index is 2.18. The highest BCUT2D eigenvalue weighted by atomic mass is 35.5. The van der Waals surface area contributed by atoms with Crippen molar-refractivity contribution in [3.8, 4) is 0 Å². The van der Waals surface area contributed by atoms with Crippen LogP contribution in [-0.4, -0.2) is 11.2 Å². The zero-order chi connectivity index (χ0) is 13.9. The minimum Gasteiger partial charge on any atom is -0.339 e. The zero-order valence-electron chi connectivity index (χ0n) is 8.99. The van der Waals surface area contributed by atoms with Gasteiger partial charge in [-0.05, 0) is 18.2 Å². The van der Waals surface area contributed by atoms with Crippen LogP contribution in [0.3, 0.4) is 0 Å². The molecule has 100 valence electrons. The molecular formula is C12H4Cl6O. The Labute approximate surface area is 139 Å². The first-order valence-electron chi connectivity index (χ1n) is 5.13. The lowest BCUT2D eigenvalue weighted by molar-refractivity contribution is 0.398. The molecule has 0 N–H and O–H groups in total. The first kappa shape index (κ1) is 14.3. The number of fused-ring (bicyclic) bond motifs is 1. The Bertz CT molecular complexity index is 650. The van der Waals surface area contributed by atoms with Crippen molar-refractivity contribution in [1.82, 2.24) is 0 Å². The summed E-state index contributed by atoms with van der Waals surface area (Å²) in [7, 11) is 0. The molecule has 1 aromatic rings. The third-order valence-corrected chi connectivity index (χ3v) is 5.30. The molecule has 1 aliphatic carbocycles. The molecule has 1 saturated heterocycles. The molecule has 3 rings (SSSR count). The van der Waals surface area contributed by atoms with Gasteiger partial charge in [-0.25, -0.2) is 0 Å². The summed E-state index contributed by atoms with van der Waals surface area (Å²) in [6.07, 6.45) is 1.18. The van der Waals surface area contributed by atoms with E-state index in [1.807, 2.05) is 0 Å². The average molecular weight is 377 g/mol. The number of ether oxygens (including phenoxy) is 1. The maximum absolute atomic E-state index is 6.37. The van der Waals surface area contributed by atoms with Crippen molar-refractivity contribution in [2.75, 3.05) is 0 Å². The van der Waals surface area contributed by atoms with Crippen LogP contribution in [0.15, 0.2) is 28.3 Å². The molecule has 19 heavy (non-hydrogen) atoms. The zero-order valence-corrected chi connectivity index (χ0v) is 13.5. The van der Waals surface area contributed by atoms with E-state index >= 15 is 0 Å². The van der Waals surface area contributed by atoms with Crippen LogP contribution in [0, 0.1) is 0 Å². The van der Waals surface area contributed by atoms with Gasteiger partial charge in [0.2, 0.25) is 0 Å². The maximum atomic E-state index is 6.37. The van der Waals surface area contributed by atoms with Gasteiger partial charge in [-0.3, -0.25) is 0 Å². The second-order valence-corrected chi connectivity index (χ2v) is 6.74. The molecule has 1 heterocycles. The van der Waals surface area contributed by atoms with Gasteiger partial charge in [0, 0.05) is 16.2 Å². The molecule has 0 amide bonds. The molecule has 1 nitrogen and oxygen atoms in total. The molecule has 2 atom stereocenters. The molecule has 0 bridgehead atoms. The summed E-state index contributed by atoms with van der Waals surface area (Å²) in [5.74, 6) is 0. The molecule has 1 aliphatic heterocycles. The number of hydrogen-bond donors (Lipinski definition) is 0. The summed E-state index contributed by atoms with van der Waals surface area (Å²) in [5, 5.41) is 0.877. The van der Waals surface area contributed by atoms with E-state index in [1.54, 1.807) is 18.2 Å². The van der Waals surface area contributed by atoms with Crippen molar-refractivity contribution in [2.45, 2.75) is 11.2 Å². The lowest BCUT2D eigenvalue weighted by Gasteiger charge is -2.17. The number of benzene rings is 1. The molecular weight excluding hydrogens is 373 g/mol. The van der Waals surface area contributed by atoms with Crippen LogP contribution in [0.25, 0.3) is 5.57 Å². The predicted octanol–water partition coefficient (Wildman–Crippen LogP) is 6.07. The van der Waals surface area contributed by atoms with Crippen molar-refractivity contribution >= 4 is 75.2 Å². The number of hydrogen-bond acceptors (Lipinski definition) is 1. The fourth-order valence-electron chi connectivity index (χ4n) is 1.97. The smallest absolute Gasteiger partial charge is 0.200 e. The maximum Gasteiger partial charge on any atom is 0.200 e. The van der Waals surface area contributed by atoms with Gasteiger partial charge in [0.15, 0.2) is 5.06 Å². The van der Waals surface area contributed by atoms with Crippen LogP contribution in [0.4, 0.5) is 0 Å². The lowest BCUT2D eigenvalue weighted by atomic mass is 9.96. The topological polar surface area (TPSA) is 12.5 Å². The highest BCUT2D eigenvalue weighted by molar-refractivity contribution is 6.46. The van der Waals surface area contributed by atoms with Gasteiger partial charge in [-0.2, -0.15) is 0 Å². The van der Waals surface area contributed by atoms with Crippen LogP contribution in [0.1, 0.15) is 5.56 Å². The molecule has 0 saturated carbocycles. The first-order chi connectivity index (χ1) is 8.84. The van der Waals surface area contributed by atoms with E-state index in [1.165, 1.54) is 0 Å². The molecule has 0 radical (unpaired) electrons. The third-order valence-electron chi connectivity index (χ3n) is 2.97. The number of epoxide rings is 1. The third kappa shape index (κ3) is 2.20. The van der Waals surface area contributed by atoms with Crippen molar-refractivity contribution in [3.05, 3.63) is 48.9 Å². The monoisotopic (exact) mass is 374 g/mol. The van der Waals surface area contributed by atoms with E-state index in [0.717, 1.165) is 0 Å². The van der Waals surface area contributed by atoms with Crippen LogP contribution in [-0.2, 0) is 4.74 Å². The Morgan fingerprint density at radius 1 is 0.947 bits per heavy atom. The molecule has 2 aliphatic rings. The minimum atomic E-state index is -1.03. The second kappa shape index (κ2) is 4.71. The number of halogens is 6. The van der Waals surface area contributed by atoms with E-state index in [0.29, 0.717) is 36.3 Å². The largest absolute Gasteiger partial charge is 0.339 e. The van der Waals surface area contributed by atoms with E-state index in [4.69, 9.17) is 74.3 Å².